The molecule has 1 saturated carbocycles. The molecule has 1 heterocycles. The summed E-state index contributed by atoms with van der Waals surface area (Å²) in [6.07, 6.45) is 2.45. The zero-order valence-corrected chi connectivity index (χ0v) is 28.2. The van der Waals surface area contributed by atoms with Crippen LogP contribution in [0.15, 0.2) is 54.1 Å². The molecule has 2 aromatic rings. The lowest BCUT2D eigenvalue weighted by Gasteiger charge is -2.46. The van der Waals surface area contributed by atoms with E-state index in [2.05, 4.69) is 6.08 Å². The van der Waals surface area contributed by atoms with Crippen LogP contribution in [0.4, 0.5) is 13.2 Å². The van der Waals surface area contributed by atoms with Gasteiger partial charge in [-0.25, -0.2) is 8.42 Å². The number of benzene rings is 2. The maximum atomic E-state index is 14.2. The van der Waals surface area contributed by atoms with Gasteiger partial charge in [0.1, 0.15) is 0 Å². The van der Waals surface area contributed by atoms with Gasteiger partial charge in [-0.1, -0.05) is 42.8 Å². The molecule has 4 aliphatic rings. The van der Waals surface area contributed by atoms with Gasteiger partial charge in [0.05, 0.1) is 29.6 Å². The number of carbonyl (C=O) groups excluding carboxylic acids is 1. The second kappa shape index (κ2) is 13.7. The van der Waals surface area contributed by atoms with E-state index in [4.69, 9.17) is 4.74 Å². The maximum Gasteiger partial charge on any atom is 0.416 e. The number of alkyl halides is 3. The van der Waals surface area contributed by atoms with Crippen LogP contribution < -0.4 is 0 Å². The van der Waals surface area contributed by atoms with Gasteiger partial charge in [0.25, 0.3) is 0 Å². The molecule has 0 aromatic heterocycles. The first-order chi connectivity index (χ1) is 22.0. The molecule has 1 saturated heterocycles. The first kappa shape index (κ1) is 35.7. The fourth-order valence-corrected chi connectivity index (χ4v) is 8.70. The molecular weight excluding hydrogens is 631 g/mol. The van der Waals surface area contributed by atoms with Crippen LogP contribution in [-0.2, 0) is 27.4 Å². The van der Waals surface area contributed by atoms with Crippen molar-refractivity contribution in [3.63, 3.8) is 0 Å². The lowest BCUT2D eigenvalue weighted by Crippen LogP contribution is -2.54. The van der Waals surface area contributed by atoms with E-state index in [9.17, 15) is 36.6 Å². The Morgan fingerprint density at radius 2 is 1.87 bits per heavy atom. The SMILES string of the molecule is CC1=CCC[C@@]2(C)[C@@H](CC[C@@]2(O)CN(C[C@H]2CCCO2)S(C)(=O)=O)c2ccc(cc2C(=O)c2cccc(C(F)(F)F)c2)C[C@@H](O)CC1. The largest absolute Gasteiger partial charge is 0.416 e. The van der Waals surface area contributed by atoms with E-state index in [1.54, 1.807) is 6.07 Å². The molecule has 6 rings (SSSR count). The number of hydrogen-bond donors (Lipinski definition) is 2. The van der Waals surface area contributed by atoms with Crippen molar-refractivity contribution >= 4 is 15.8 Å². The monoisotopic (exact) mass is 677 g/mol. The fraction of sp³-hybridized carbons (Fsp3) is 0.583. The average molecular weight is 678 g/mol. The van der Waals surface area contributed by atoms with Crippen molar-refractivity contribution in [1.82, 2.24) is 4.31 Å². The van der Waals surface area contributed by atoms with Crippen LogP contribution in [-0.4, -0.2) is 72.5 Å². The van der Waals surface area contributed by atoms with Gasteiger partial charge >= 0.3 is 6.18 Å². The molecule has 11 heteroatoms. The van der Waals surface area contributed by atoms with E-state index in [0.29, 0.717) is 49.8 Å². The molecule has 2 bridgehead atoms. The highest BCUT2D eigenvalue weighted by molar-refractivity contribution is 7.88. The zero-order chi connectivity index (χ0) is 34.2. The van der Waals surface area contributed by atoms with E-state index >= 15 is 0 Å². The molecule has 5 atom stereocenters. The number of fused-ring (bicyclic) bond motifs is 8. The smallest absolute Gasteiger partial charge is 0.393 e. The Morgan fingerprint density at radius 1 is 1.11 bits per heavy atom. The summed E-state index contributed by atoms with van der Waals surface area (Å²) in [6, 6.07) is 9.70. The summed E-state index contributed by atoms with van der Waals surface area (Å²) >= 11 is 0. The predicted molar refractivity (Wildman–Crippen MR) is 174 cm³/mol. The van der Waals surface area contributed by atoms with Gasteiger partial charge in [0.15, 0.2) is 5.78 Å². The number of rotatable bonds is 7. The van der Waals surface area contributed by atoms with Crippen molar-refractivity contribution in [1.29, 1.82) is 0 Å². The lowest BCUT2D eigenvalue weighted by atomic mass is 9.64. The number of aliphatic hydroxyl groups is 2. The Bertz CT molecular complexity index is 1600. The van der Waals surface area contributed by atoms with E-state index in [1.807, 2.05) is 26.0 Å². The second-order valence-corrected chi connectivity index (χ2v) is 16.0. The lowest BCUT2D eigenvalue weighted by molar-refractivity contribution is -0.137. The summed E-state index contributed by atoms with van der Waals surface area (Å²) in [5.41, 5.74) is -0.773. The molecule has 258 valence electrons. The van der Waals surface area contributed by atoms with Gasteiger partial charge in [-0.2, -0.15) is 17.5 Å². The molecule has 0 radical (unpaired) electrons. The first-order valence-electron chi connectivity index (χ1n) is 16.5. The Kier molecular flexibility index (Phi) is 10.4. The van der Waals surface area contributed by atoms with Crippen LogP contribution in [0.1, 0.15) is 104 Å². The summed E-state index contributed by atoms with van der Waals surface area (Å²) in [5.74, 6) is -0.976. The van der Waals surface area contributed by atoms with Crippen LogP contribution in [0, 0.1) is 5.41 Å². The minimum absolute atomic E-state index is 0.103. The molecule has 47 heavy (non-hydrogen) atoms. The number of allylic oxidation sites excluding steroid dienone is 2. The topological polar surface area (TPSA) is 104 Å². The number of nitrogens with zero attached hydrogens (tertiary/aromatic N) is 1. The highest BCUT2D eigenvalue weighted by Gasteiger charge is 2.58. The van der Waals surface area contributed by atoms with Crippen LogP contribution in [0.2, 0.25) is 0 Å². The summed E-state index contributed by atoms with van der Waals surface area (Å²) in [7, 11) is -3.72. The molecule has 2 N–H and O–H groups in total. The number of sulfonamides is 1. The number of hydrogen-bond acceptors (Lipinski definition) is 6. The van der Waals surface area contributed by atoms with Crippen molar-refractivity contribution in [2.45, 2.75) is 102 Å². The number of carbonyl (C=O) groups is 1. The van der Waals surface area contributed by atoms with E-state index < -0.39 is 50.6 Å². The fourth-order valence-electron chi connectivity index (χ4n) is 7.81. The molecule has 0 spiro atoms. The molecule has 2 aromatic carbocycles. The zero-order valence-electron chi connectivity index (χ0n) is 27.4. The van der Waals surface area contributed by atoms with Crippen LogP contribution in [0.25, 0.3) is 0 Å². The Labute approximate surface area is 275 Å². The summed E-state index contributed by atoms with van der Waals surface area (Å²) in [4.78, 5) is 14.2. The molecule has 0 amide bonds. The Morgan fingerprint density at radius 3 is 2.55 bits per heavy atom. The summed E-state index contributed by atoms with van der Waals surface area (Å²) < 4.78 is 74.1. The third kappa shape index (κ3) is 7.85. The van der Waals surface area contributed by atoms with Crippen LogP contribution >= 0.6 is 0 Å². The van der Waals surface area contributed by atoms with Gasteiger partial charge in [-0.15, -0.1) is 0 Å². The third-order valence-corrected chi connectivity index (χ3v) is 11.9. The molecular formula is C36H46F3NO6S. The summed E-state index contributed by atoms with van der Waals surface area (Å²) in [6.45, 7) is 4.52. The van der Waals surface area contributed by atoms with Crippen molar-refractivity contribution in [2.24, 2.45) is 5.41 Å². The quantitative estimate of drug-likeness (QED) is 0.259. The van der Waals surface area contributed by atoms with Crippen molar-refractivity contribution < 1.29 is 41.3 Å². The minimum Gasteiger partial charge on any atom is -0.393 e. The predicted octanol–water partition coefficient (Wildman–Crippen LogP) is 6.42. The van der Waals surface area contributed by atoms with E-state index in [1.165, 1.54) is 16.4 Å². The average Bonchev–Trinajstić information content (AvgIpc) is 3.60. The standard InChI is InChI=1S/C36H46F3NO6S/c1-24-7-5-16-34(2)32(15-17-35(34,43)23-40(47(3,44)45)22-29-10-6-18-46-29)30-14-12-25(19-28(41)13-11-24)20-31(30)33(42)26-8-4-9-27(21-26)36(37,38)39/h4,7-9,12,14,20-21,28-29,32,41,43H,5-6,10-11,13,15-19,22-23H2,1-3H3/t28-,29+,32-,34-,35+/m0/s1. The van der Waals surface area contributed by atoms with Gasteiger partial charge < -0.3 is 14.9 Å². The number of aliphatic hydroxyl groups excluding tert-OH is 1. The van der Waals surface area contributed by atoms with Crippen molar-refractivity contribution in [2.75, 3.05) is 26.0 Å². The molecule has 0 unspecified atom stereocenters. The van der Waals surface area contributed by atoms with Crippen molar-refractivity contribution in [3.05, 3.63) is 81.9 Å². The normalized spacial score (nSPS) is 29.0. The second-order valence-electron chi connectivity index (χ2n) is 14.0. The van der Waals surface area contributed by atoms with E-state index in [0.717, 1.165) is 36.8 Å². The molecule has 3 aliphatic carbocycles. The van der Waals surface area contributed by atoms with Crippen LogP contribution in [0.5, 0.6) is 0 Å². The van der Waals surface area contributed by atoms with Gasteiger partial charge in [0.2, 0.25) is 10.0 Å². The number of halogens is 3. The Hall–Kier alpha value is -2.57. The van der Waals surface area contributed by atoms with Gasteiger partial charge in [-0.05, 0) is 100.0 Å². The van der Waals surface area contributed by atoms with Crippen LogP contribution in [0.3, 0.4) is 0 Å². The van der Waals surface area contributed by atoms with Gasteiger partial charge in [-0.3, -0.25) is 4.79 Å². The molecule has 7 nitrogen and oxygen atoms in total. The number of ketones is 1. The molecule has 1 aliphatic heterocycles. The maximum absolute atomic E-state index is 14.2. The van der Waals surface area contributed by atoms with Gasteiger partial charge in [0, 0.05) is 36.2 Å². The molecule has 2 fully saturated rings. The van der Waals surface area contributed by atoms with Crippen molar-refractivity contribution in [3.8, 4) is 0 Å². The Balaban J connectivity index is 1.61. The van der Waals surface area contributed by atoms with E-state index in [-0.39, 0.29) is 43.2 Å². The highest BCUT2D eigenvalue weighted by atomic mass is 32.2. The summed E-state index contributed by atoms with van der Waals surface area (Å²) in [5, 5.41) is 23.4. The highest BCUT2D eigenvalue weighted by Crippen LogP contribution is 2.59. The first-order valence-corrected chi connectivity index (χ1v) is 18.3. The minimum atomic E-state index is -4.62. The third-order valence-electron chi connectivity index (χ3n) is 10.7. The number of ether oxygens (including phenoxy) is 1.